The molecule has 0 bridgehead atoms. The number of para-hydroxylation sites is 1. The van der Waals surface area contributed by atoms with E-state index in [0.717, 1.165) is 33.5 Å². The third-order valence-electron chi connectivity index (χ3n) is 3.52. The molecular formula is C18H13N3. The molecule has 0 atom stereocenters. The van der Waals surface area contributed by atoms with E-state index < -0.39 is 0 Å². The van der Waals surface area contributed by atoms with E-state index in [1.54, 1.807) is 0 Å². The van der Waals surface area contributed by atoms with E-state index in [9.17, 15) is 0 Å². The van der Waals surface area contributed by atoms with Crippen molar-refractivity contribution in [3.63, 3.8) is 0 Å². The second-order valence-corrected chi connectivity index (χ2v) is 4.88. The van der Waals surface area contributed by atoms with Gasteiger partial charge in [-0.15, -0.1) is 0 Å². The maximum atomic E-state index is 4.82. The summed E-state index contributed by atoms with van der Waals surface area (Å²) < 4.78 is 0. The summed E-state index contributed by atoms with van der Waals surface area (Å²) in [4.78, 5) is 12.5. The summed E-state index contributed by atoms with van der Waals surface area (Å²) in [6.45, 7) is 0. The molecule has 3 heteroatoms. The van der Waals surface area contributed by atoms with Gasteiger partial charge in [0.05, 0.1) is 22.6 Å². The molecule has 0 saturated heterocycles. The zero-order valence-corrected chi connectivity index (χ0v) is 11.3. The van der Waals surface area contributed by atoms with Gasteiger partial charge in [0.1, 0.15) is 0 Å². The molecule has 3 nitrogen and oxygen atoms in total. The SMILES string of the molecule is c1ccc(-c2cc3ccccc3nc2-c2ccc[nH]2)nc1. The number of rotatable bonds is 2. The van der Waals surface area contributed by atoms with Gasteiger partial charge < -0.3 is 4.98 Å². The van der Waals surface area contributed by atoms with Crippen molar-refractivity contribution in [2.75, 3.05) is 0 Å². The average molecular weight is 271 g/mol. The Hall–Kier alpha value is -2.94. The summed E-state index contributed by atoms with van der Waals surface area (Å²) in [6, 6.07) is 20.2. The van der Waals surface area contributed by atoms with Crippen LogP contribution in [0.1, 0.15) is 0 Å². The van der Waals surface area contributed by atoms with Crippen LogP contribution in [0.5, 0.6) is 0 Å². The Morgan fingerprint density at radius 1 is 0.857 bits per heavy atom. The van der Waals surface area contributed by atoms with E-state index >= 15 is 0 Å². The van der Waals surface area contributed by atoms with Crippen LogP contribution in [-0.2, 0) is 0 Å². The molecule has 0 amide bonds. The molecule has 0 unspecified atom stereocenters. The molecule has 3 aromatic heterocycles. The minimum Gasteiger partial charge on any atom is -0.360 e. The minimum absolute atomic E-state index is 0.928. The summed E-state index contributed by atoms with van der Waals surface area (Å²) in [5.74, 6) is 0. The van der Waals surface area contributed by atoms with Crippen LogP contribution in [0.2, 0.25) is 0 Å². The lowest BCUT2D eigenvalue weighted by Gasteiger charge is -2.09. The van der Waals surface area contributed by atoms with Crippen LogP contribution in [0.15, 0.2) is 73.1 Å². The van der Waals surface area contributed by atoms with Crippen molar-refractivity contribution >= 4 is 10.9 Å². The van der Waals surface area contributed by atoms with E-state index in [0.29, 0.717) is 0 Å². The highest BCUT2D eigenvalue weighted by Gasteiger charge is 2.12. The fraction of sp³-hybridized carbons (Fsp3) is 0. The number of nitrogens with one attached hydrogen (secondary N) is 1. The topological polar surface area (TPSA) is 41.6 Å². The van der Waals surface area contributed by atoms with Crippen LogP contribution in [0.3, 0.4) is 0 Å². The monoisotopic (exact) mass is 271 g/mol. The van der Waals surface area contributed by atoms with Gasteiger partial charge in [0, 0.05) is 23.3 Å². The zero-order valence-electron chi connectivity index (χ0n) is 11.3. The third kappa shape index (κ3) is 2.09. The van der Waals surface area contributed by atoms with Crippen LogP contribution in [0.25, 0.3) is 33.5 Å². The van der Waals surface area contributed by atoms with Gasteiger partial charge in [-0.1, -0.05) is 24.3 Å². The standard InChI is InChI=1S/C18H13N3/c1-2-7-15-13(6-1)12-14(16-8-3-4-10-19-16)18(21-15)17-9-5-11-20-17/h1-12,20H. The van der Waals surface area contributed by atoms with Gasteiger partial charge in [-0.3, -0.25) is 4.98 Å². The first kappa shape index (κ1) is 11.9. The third-order valence-corrected chi connectivity index (χ3v) is 3.52. The predicted octanol–water partition coefficient (Wildman–Crippen LogP) is 4.29. The van der Waals surface area contributed by atoms with Crippen LogP contribution in [-0.4, -0.2) is 15.0 Å². The first-order chi connectivity index (χ1) is 10.4. The highest BCUT2D eigenvalue weighted by Crippen LogP contribution is 2.31. The van der Waals surface area contributed by atoms with Gasteiger partial charge in [-0.25, -0.2) is 4.98 Å². The van der Waals surface area contributed by atoms with Crippen molar-refractivity contribution < 1.29 is 0 Å². The molecule has 0 fully saturated rings. The Morgan fingerprint density at radius 2 is 1.76 bits per heavy atom. The average Bonchev–Trinajstić information content (AvgIpc) is 3.09. The van der Waals surface area contributed by atoms with Gasteiger partial charge in [-0.2, -0.15) is 0 Å². The quantitative estimate of drug-likeness (QED) is 0.591. The van der Waals surface area contributed by atoms with Gasteiger partial charge in [0.15, 0.2) is 0 Å². The lowest BCUT2D eigenvalue weighted by Crippen LogP contribution is -1.92. The van der Waals surface area contributed by atoms with Crippen molar-refractivity contribution in [2.45, 2.75) is 0 Å². The van der Waals surface area contributed by atoms with Crippen molar-refractivity contribution in [3.8, 4) is 22.6 Å². The van der Waals surface area contributed by atoms with Gasteiger partial charge >= 0.3 is 0 Å². The van der Waals surface area contributed by atoms with Crippen LogP contribution >= 0.6 is 0 Å². The molecule has 21 heavy (non-hydrogen) atoms. The normalized spacial score (nSPS) is 10.9. The Kier molecular flexibility index (Phi) is 2.75. The van der Waals surface area contributed by atoms with E-state index in [1.807, 2.05) is 60.9 Å². The first-order valence-corrected chi connectivity index (χ1v) is 6.87. The van der Waals surface area contributed by atoms with Crippen molar-refractivity contribution in [1.29, 1.82) is 0 Å². The minimum atomic E-state index is 0.928. The molecule has 3 heterocycles. The summed E-state index contributed by atoms with van der Waals surface area (Å²) in [6.07, 6.45) is 3.72. The lowest BCUT2D eigenvalue weighted by molar-refractivity contribution is 1.28. The van der Waals surface area contributed by atoms with Crippen LogP contribution in [0, 0.1) is 0 Å². The molecule has 1 N–H and O–H groups in total. The maximum Gasteiger partial charge on any atom is 0.0965 e. The molecule has 0 spiro atoms. The molecule has 0 aliphatic rings. The molecule has 100 valence electrons. The Bertz CT molecular complexity index is 881. The number of H-pyrrole nitrogens is 1. The lowest BCUT2D eigenvalue weighted by atomic mass is 10.0. The second-order valence-electron chi connectivity index (χ2n) is 4.88. The van der Waals surface area contributed by atoms with Crippen LogP contribution in [0.4, 0.5) is 0 Å². The second kappa shape index (κ2) is 4.87. The van der Waals surface area contributed by atoms with E-state index in [2.05, 4.69) is 22.1 Å². The zero-order chi connectivity index (χ0) is 14.1. The van der Waals surface area contributed by atoms with E-state index in [1.165, 1.54) is 0 Å². The number of benzene rings is 1. The smallest absolute Gasteiger partial charge is 0.0965 e. The number of aromatic nitrogens is 3. The summed E-state index contributed by atoms with van der Waals surface area (Å²) >= 11 is 0. The predicted molar refractivity (Wildman–Crippen MR) is 84.8 cm³/mol. The number of hydrogen-bond donors (Lipinski definition) is 1. The molecule has 0 aliphatic heterocycles. The van der Waals surface area contributed by atoms with Crippen molar-refractivity contribution in [2.24, 2.45) is 0 Å². The Morgan fingerprint density at radius 3 is 2.57 bits per heavy atom. The highest BCUT2D eigenvalue weighted by atomic mass is 14.8. The summed E-state index contributed by atoms with van der Waals surface area (Å²) in [7, 11) is 0. The fourth-order valence-electron chi connectivity index (χ4n) is 2.52. The molecule has 4 rings (SSSR count). The first-order valence-electron chi connectivity index (χ1n) is 6.87. The van der Waals surface area contributed by atoms with Crippen LogP contribution < -0.4 is 0 Å². The number of fused-ring (bicyclic) bond motifs is 1. The van der Waals surface area contributed by atoms with Gasteiger partial charge in [0.2, 0.25) is 0 Å². The van der Waals surface area contributed by atoms with Gasteiger partial charge in [0.25, 0.3) is 0 Å². The molecule has 1 aromatic carbocycles. The number of hydrogen-bond acceptors (Lipinski definition) is 2. The number of nitrogens with zero attached hydrogens (tertiary/aromatic N) is 2. The number of aromatic amines is 1. The van der Waals surface area contributed by atoms with Crippen molar-refractivity contribution in [3.05, 3.63) is 73.1 Å². The van der Waals surface area contributed by atoms with E-state index in [-0.39, 0.29) is 0 Å². The molecule has 0 radical (unpaired) electrons. The largest absolute Gasteiger partial charge is 0.360 e. The molecule has 4 aromatic rings. The van der Waals surface area contributed by atoms with Gasteiger partial charge in [-0.05, 0) is 36.4 Å². The van der Waals surface area contributed by atoms with Crippen molar-refractivity contribution in [1.82, 2.24) is 15.0 Å². The molecular weight excluding hydrogens is 258 g/mol. The highest BCUT2D eigenvalue weighted by molar-refractivity contribution is 5.90. The maximum absolute atomic E-state index is 4.82. The van der Waals surface area contributed by atoms with E-state index in [4.69, 9.17) is 4.98 Å². The summed E-state index contributed by atoms with van der Waals surface area (Å²) in [5, 5.41) is 1.12. The summed E-state index contributed by atoms with van der Waals surface area (Å²) in [5.41, 5.74) is 4.89. The fourth-order valence-corrected chi connectivity index (χ4v) is 2.52. The molecule has 0 aliphatic carbocycles. The molecule has 0 saturated carbocycles. The Balaban J connectivity index is 2.05. The number of pyridine rings is 2. The Labute approximate surface area is 122 Å².